The Hall–Kier alpha value is -2.28. The smallest absolute Gasteiger partial charge is 0.249 e. The molecule has 0 aliphatic carbocycles. The number of rotatable bonds is 8. The molecule has 1 fully saturated rings. The normalized spacial score (nSPS) is 15.8. The van der Waals surface area contributed by atoms with Gasteiger partial charge in [0.15, 0.2) is 4.90 Å². The highest BCUT2D eigenvalue weighted by Crippen LogP contribution is 2.33. The molecular formula is C21H27F2N3O5S2. The van der Waals surface area contributed by atoms with Gasteiger partial charge in [-0.2, -0.15) is 8.61 Å². The van der Waals surface area contributed by atoms with Gasteiger partial charge in [-0.3, -0.25) is 0 Å². The second-order valence-corrected chi connectivity index (χ2v) is 11.2. The van der Waals surface area contributed by atoms with E-state index >= 15 is 0 Å². The number of methoxy groups -OCH3 is 1. The summed E-state index contributed by atoms with van der Waals surface area (Å²) >= 11 is 0. The Labute approximate surface area is 193 Å². The molecule has 182 valence electrons. The summed E-state index contributed by atoms with van der Waals surface area (Å²) in [7, 11) is -6.62. The maximum absolute atomic E-state index is 14.1. The first-order valence-electron chi connectivity index (χ1n) is 10.4. The van der Waals surface area contributed by atoms with Crippen molar-refractivity contribution in [2.75, 3.05) is 51.3 Å². The molecule has 3 rings (SSSR count). The predicted octanol–water partition coefficient (Wildman–Crippen LogP) is 2.51. The Morgan fingerprint density at radius 2 is 1.52 bits per heavy atom. The molecule has 0 spiro atoms. The number of halogens is 2. The molecule has 0 saturated carbocycles. The molecule has 2 aromatic rings. The molecule has 1 aliphatic heterocycles. The molecule has 0 N–H and O–H groups in total. The lowest BCUT2D eigenvalue weighted by molar-refractivity contribution is 0.373. The van der Waals surface area contributed by atoms with E-state index < -0.39 is 36.6 Å². The average Bonchev–Trinajstić information content (AvgIpc) is 2.79. The van der Waals surface area contributed by atoms with Crippen molar-refractivity contribution < 1.29 is 30.4 Å². The van der Waals surface area contributed by atoms with E-state index in [-0.39, 0.29) is 31.1 Å². The third kappa shape index (κ3) is 4.84. The van der Waals surface area contributed by atoms with E-state index in [0.717, 1.165) is 22.5 Å². The fraction of sp³-hybridized carbons (Fsp3) is 0.429. The van der Waals surface area contributed by atoms with Crippen LogP contribution in [0.4, 0.5) is 14.5 Å². The minimum Gasteiger partial charge on any atom is -0.495 e. The van der Waals surface area contributed by atoms with Gasteiger partial charge in [-0.25, -0.2) is 25.6 Å². The Morgan fingerprint density at radius 3 is 2.03 bits per heavy atom. The van der Waals surface area contributed by atoms with Crippen LogP contribution in [0.15, 0.2) is 46.2 Å². The number of sulfonamides is 2. The summed E-state index contributed by atoms with van der Waals surface area (Å²) < 4.78 is 87.5. The summed E-state index contributed by atoms with van der Waals surface area (Å²) in [5.41, 5.74) is 0.500. The van der Waals surface area contributed by atoms with E-state index in [1.54, 1.807) is 24.8 Å². The molecule has 0 aromatic heterocycles. The fourth-order valence-corrected chi connectivity index (χ4v) is 6.83. The molecule has 33 heavy (non-hydrogen) atoms. The predicted molar refractivity (Wildman–Crippen MR) is 120 cm³/mol. The Bertz CT molecular complexity index is 1190. The van der Waals surface area contributed by atoms with Crippen LogP contribution in [-0.4, -0.2) is 71.8 Å². The third-order valence-corrected chi connectivity index (χ3v) is 9.59. The van der Waals surface area contributed by atoms with Gasteiger partial charge < -0.3 is 9.64 Å². The van der Waals surface area contributed by atoms with Crippen LogP contribution in [-0.2, 0) is 20.0 Å². The highest BCUT2D eigenvalue weighted by Gasteiger charge is 2.34. The Morgan fingerprint density at radius 1 is 0.939 bits per heavy atom. The standard InChI is InChI=1S/C21H27F2N3O5S2/c1-4-25(5-2)32(27,28)16-9-10-20(31-3)19(15-16)24-11-13-26(14-12-24)33(29,30)21-17(22)7-6-8-18(21)23/h6-10,15H,4-5,11-14H2,1-3H3. The minimum atomic E-state index is -4.37. The molecule has 0 unspecified atom stereocenters. The molecule has 12 heteroatoms. The molecular weight excluding hydrogens is 476 g/mol. The van der Waals surface area contributed by atoms with E-state index in [2.05, 4.69) is 0 Å². The van der Waals surface area contributed by atoms with Crippen molar-refractivity contribution in [3.8, 4) is 5.75 Å². The second-order valence-electron chi connectivity index (χ2n) is 7.36. The number of hydrogen-bond acceptors (Lipinski definition) is 6. The van der Waals surface area contributed by atoms with Crippen molar-refractivity contribution in [1.29, 1.82) is 0 Å². The largest absolute Gasteiger partial charge is 0.495 e. The van der Waals surface area contributed by atoms with Crippen LogP contribution in [0.5, 0.6) is 5.75 Å². The fourth-order valence-electron chi connectivity index (χ4n) is 3.82. The summed E-state index contributed by atoms with van der Waals surface area (Å²) in [4.78, 5) is 0.929. The molecule has 1 saturated heterocycles. The second kappa shape index (κ2) is 9.92. The van der Waals surface area contributed by atoms with Crippen LogP contribution < -0.4 is 9.64 Å². The monoisotopic (exact) mass is 503 g/mol. The zero-order valence-electron chi connectivity index (χ0n) is 18.7. The van der Waals surface area contributed by atoms with Gasteiger partial charge in [0.1, 0.15) is 17.4 Å². The van der Waals surface area contributed by atoms with Gasteiger partial charge in [0.25, 0.3) is 0 Å². The Kier molecular flexibility index (Phi) is 7.62. The maximum Gasteiger partial charge on any atom is 0.249 e. The number of nitrogens with zero attached hydrogens (tertiary/aromatic N) is 3. The summed E-state index contributed by atoms with van der Waals surface area (Å²) in [6.45, 7) is 4.44. The lowest BCUT2D eigenvalue weighted by atomic mass is 10.2. The summed E-state index contributed by atoms with van der Waals surface area (Å²) in [5.74, 6) is -1.85. The van der Waals surface area contributed by atoms with Crippen molar-refractivity contribution in [3.05, 3.63) is 48.0 Å². The Balaban J connectivity index is 1.87. The van der Waals surface area contributed by atoms with Crippen LogP contribution in [0.25, 0.3) is 0 Å². The van der Waals surface area contributed by atoms with Crippen LogP contribution in [0.1, 0.15) is 13.8 Å². The molecule has 2 aromatic carbocycles. The highest BCUT2D eigenvalue weighted by molar-refractivity contribution is 7.89. The number of piperazine rings is 1. The lowest BCUT2D eigenvalue weighted by Crippen LogP contribution is -2.49. The summed E-state index contributed by atoms with van der Waals surface area (Å²) in [5, 5.41) is 0. The third-order valence-electron chi connectivity index (χ3n) is 5.59. The highest BCUT2D eigenvalue weighted by atomic mass is 32.2. The van der Waals surface area contributed by atoms with Crippen molar-refractivity contribution in [2.45, 2.75) is 23.6 Å². The average molecular weight is 504 g/mol. The SMILES string of the molecule is CCN(CC)S(=O)(=O)c1ccc(OC)c(N2CCN(S(=O)(=O)c3c(F)cccc3F)CC2)c1. The molecule has 1 aliphatic rings. The van der Waals surface area contributed by atoms with Crippen molar-refractivity contribution in [3.63, 3.8) is 0 Å². The summed E-state index contributed by atoms with van der Waals surface area (Å²) in [6, 6.07) is 7.44. The zero-order valence-corrected chi connectivity index (χ0v) is 20.3. The number of hydrogen-bond donors (Lipinski definition) is 0. The first-order chi connectivity index (χ1) is 15.6. The number of ether oxygens (including phenoxy) is 1. The van der Waals surface area contributed by atoms with E-state index in [4.69, 9.17) is 4.74 Å². The van der Waals surface area contributed by atoms with Gasteiger partial charge in [0.2, 0.25) is 20.0 Å². The van der Waals surface area contributed by atoms with Crippen molar-refractivity contribution in [1.82, 2.24) is 8.61 Å². The van der Waals surface area contributed by atoms with E-state index in [0.29, 0.717) is 24.5 Å². The molecule has 0 amide bonds. The van der Waals surface area contributed by atoms with Gasteiger partial charge in [0, 0.05) is 39.3 Å². The molecule has 8 nitrogen and oxygen atoms in total. The van der Waals surface area contributed by atoms with Gasteiger partial charge in [-0.05, 0) is 30.3 Å². The first kappa shape index (κ1) is 25.3. The van der Waals surface area contributed by atoms with Gasteiger partial charge in [-0.15, -0.1) is 0 Å². The lowest BCUT2D eigenvalue weighted by Gasteiger charge is -2.36. The van der Waals surface area contributed by atoms with Crippen LogP contribution in [0.2, 0.25) is 0 Å². The molecule has 1 heterocycles. The van der Waals surface area contributed by atoms with E-state index in [1.807, 2.05) is 0 Å². The van der Waals surface area contributed by atoms with Crippen LogP contribution >= 0.6 is 0 Å². The van der Waals surface area contributed by atoms with Gasteiger partial charge >= 0.3 is 0 Å². The van der Waals surface area contributed by atoms with Crippen LogP contribution in [0, 0.1) is 11.6 Å². The van der Waals surface area contributed by atoms with Gasteiger partial charge in [-0.1, -0.05) is 19.9 Å². The van der Waals surface area contributed by atoms with Gasteiger partial charge in [0.05, 0.1) is 17.7 Å². The van der Waals surface area contributed by atoms with Crippen molar-refractivity contribution >= 4 is 25.7 Å². The first-order valence-corrected chi connectivity index (χ1v) is 13.3. The zero-order chi connectivity index (χ0) is 24.4. The van der Waals surface area contributed by atoms with E-state index in [9.17, 15) is 25.6 Å². The minimum absolute atomic E-state index is 0.0354. The summed E-state index contributed by atoms with van der Waals surface area (Å²) in [6.07, 6.45) is 0. The number of anilines is 1. The molecule has 0 radical (unpaired) electrons. The molecule has 0 bridgehead atoms. The topological polar surface area (TPSA) is 87.2 Å². The van der Waals surface area contributed by atoms with Crippen molar-refractivity contribution in [2.24, 2.45) is 0 Å². The molecule has 0 atom stereocenters. The van der Waals surface area contributed by atoms with Crippen LogP contribution in [0.3, 0.4) is 0 Å². The maximum atomic E-state index is 14.1. The van der Waals surface area contributed by atoms with E-state index in [1.165, 1.54) is 23.5 Å². The number of benzene rings is 2. The quantitative estimate of drug-likeness (QED) is 0.550.